The van der Waals surface area contributed by atoms with Crippen LogP contribution in [0.5, 0.6) is 0 Å². The molecule has 110 valence electrons. The zero-order valence-electron chi connectivity index (χ0n) is 12.0. The van der Waals surface area contributed by atoms with Gasteiger partial charge in [0.15, 0.2) is 0 Å². The van der Waals surface area contributed by atoms with E-state index in [2.05, 4.69) is 5.32 Å². The van der Waals surface area contributed by atoms with Gasteiger partial charge in [0.05, 0.1) is 6.10 Å². The molecule has 1 heterocycles. The highest BCUT2D eigenvalue weighted by Crippen LogP contribution is 2.21. The first-order valence-corrected chi connectivity index (χ1v) is 7.07. The van der Waals surface area contributed by atoms with Crippen molar-refractivity contribution in [1.82, 2.24) is 4.90 Å². The van der Waals surface area contributed by atoms with Crippen molar-refractivity contribution in [2.24, 2.45) is 11.7 Å². The number of aliphatic hydroxyl groups is 1. The number of rotatable bonds is 3. The van der Waals surface area contributed by atoms with Crippen molar-refractivity contribution >= 4 is 11.7 Å². The number of nitrogens with two attached hydrogens (primary N) is 1. The van der Waals surface area contributed by atoms with Crippen LogP contribution in [0.25, 0.3) is 0 Å². The molecule has 0 aliphatic carbocycles. The summed E-state index contributed by atoms with van der Waals surface area (Å²) >= 11 is 0. The molecular formula is C15H23N3O2. The number of likely N-dealkylation sites (tertiary alicyclic amines) is 1. The van der Waals surface area contributed by atoms with Crippen molar-refractivity contribution in [2.75, 3.05) is 18.4 Å². The normalized spacial score (nSPS) is 21.6. The number of hydrogen-bond acceptors (Lipinski definition) is 3. The first-order valence-electron chi connectivity index (χ1n) is 7.07. The number of hydrogen-bond donors (Lipinski definition) is 3. The van der Waals surface area contributed by atoms with Crippen LogP contribution < -0.4 is 11.1 Å². The lowest BCUT2D eigenvalue weighted by Gasteiger charge is -2.19. The summed E-state index contributed by atoms with van der Waals surface area (Å²) in [5, 5.41) is 12.5. The average Bonchev–Trinajstić information content (AvgIpc) is 2.88. The van der Waals surface area contributed by atoms with Gasteiger partial charge in [-0.2, -0.15) is 0 Å². The van der Waals surface area contributed by atoms with Crippen LogP contribution in [0, 0.1) is 5.92 Å². The number of carbonyl (C=O) groups is 1. The van der Waals surface area contributed by atoms with E-state index >= 15 is 0 Å². The molecule has 0 radical (unpaired) electrons. The van der Waals surface area contributed by atoms with Crippen molar-refractivity contribution in [3.8, 4) is 0 Å². The molecule has 5 heteroatoms. The molecule has 3 unspecified atom stereocenters. The van der Waals surface area contributed by atoms with Crippen LogP contribution in [-0.4, -0.2) is 35.2 Å². The minimum absolute atomic E-state index is 0.0572. The van der Waals surface area contributed by atoms with Gasteiger partial charge in [-0.1, -0.05) is 12.1 Å². The Morgan fingerprint density at radius 2 is 2.25 bits per heavy atom. The topological polar surface area (TPSA) is 78.6 Å². The van der Waals surface area contributed by atoms with Gasteiger partial charge in [0.2, 0.25) is 0 Å². The summed E-state index contributed by atoms with van der Waals surface area (Å²) in [4.78, 5) is 13.9. The van der Waals surface area contributed by atoms with Crippen LogP contribution in [0.2, 0.25) is 0 Å². The van der Waals surface area contributed by atoms with E-state index < -0.39 is 0 Å². The molecule has 1 fully saturated rings. The third kappa shape index (κ3) is 3.49. The quantitative estimate of drug-likeness (QED) is 0.790. The van der Waals surface area contributed by atoms with Gasteiger partial charge in [-0.3, -0.25) is 0 Å². The zero-order chi connectivity index (χ0) is 14.7. The van der Waals surface area contributed by atoms with E-state index in [4.69, 9.17) is 5.73 Å². The Kier molecular flexibility index (Phi) is 4.62. The summed E-state index contributed by atoms with van der Waals surface area (Å²) < 4.78 is 0. The Hall–Kier alpha value is -1.59. The van der Waals surface area contributed by atoms with Crippen LogP contribution in [0.1, 0.15) is 31.9 Å². The number of carbonyl (C=O) groups excluding carboxylic acids is 1. The summed E-state index contributed by atoms with van der Waals surface area (Å²) in [6, 6.07) is 7.40. The summed E-state index contributed by atoms with van der Waals surface area (Å²) in [6.45, 7) is 4.98. The van der Waals surface area contributed by atoms with Gasteiger partial charge in [0.1, 0.15) is 0 Å². The molecule has 20 heavy (non-hydrogen) atoms. The van der Waals surface area contributed by atoms with Gasteiger partial charge in [0, 0.05) is 30.7 Å². The Morgan fingerprint density at radius 1 is 1.50 bits per heavy atom. The number of anilines is 1. The number of nitrogens with one attached hydrogen (secondary N) is 1. The van der Waals surface area contributed by atoms with Crippen LogP contribution in [0.15, 0.2) is 24.3 Å². The van der Waals surface area contributed by atoms with E-state index in [9.17, 15) is 9.90 Å². The number of nitrogens with zero attached hydrogens (tertiary/aromatic N) is 1. The largest absolute Gasteiger partial charge is 0.393 e. The minimum atomic E-state index is -0.366. The van der Waals surface area contributed by atoms with Crippen molar-refractivity contribution < 1.29 is 9.90 Å². The Balaban J connectivity index is 1.97. The van der Waals surface area contributed by atoms with E-state index in [0.717, 1.165) is 17.7 Å². The molecule has 1 aliphatic heterocycles. The summed E-state index contributed by atoms with van der Waals surface area (Å²) in [5.74, 6) is 0.177. The Morgan fingerprint density at radius 3 is 2.85 bits per heavy atom. The molecule has 0 aromatic heterocycles. The fourth-order valence-electron chi connectivity index (χ4n) is 2.47. The van der Waals surface area contributed by atoms with E-state index in [-0.39, 0.29) is 24.1 Å². The molecule has 1 aromatic carbocycles. The second-order valence-corrected chi connectivity index (χ2v) is 5.58. The zero-order valence-corrected chi connectivity index (χ0v) is 12.0. The maximum atomic E-state index is 12.2. The Labute approximate surface area is 119 Å². The van der Waals surface area contributed by atoms with Gasteiger partial charge in [-0.25, -0.2) is 4.79 Å². The fourth-order valence-corrected chi connectivity index (χ4v) is 2.47. The molecule has 1 saturated heterocycles. The molecule has 2 rings (SSSR count). The Bertz CT molecular complexity index is 474. The average molecular weight is 277 g/mol. The number of benzene rings is 1. The molecule has 0 bridgehead atoms. The highest BCUT2D eigenvalue weighted by Gasteiger charge is 2.29. The molecule has 4 N–H and O–H groups in total. The van der Waals surface area contributed by atoms with Gasteiger partial charge in [0.25, 0.3) is 0 Å². The lowest BCUT2D eigenvalue weighted by molar-refractivity contribution is 0.130. The van der Waals surface area contributed by atoms with E-state index in [0.29, 0.717) is 13.1 Å². The number of amides is 2. The lowest BCUT2D eigenvalue weighted by Crippen LogP contribution is -2.34. The van der Waals surface area contributed by atoms with Crippen molar-refractivity contribution in [3.05, 3.63) is 29.8 Å². The second kappa shape index (κ2) is 6.24. The molecule has 0 saturated carbocycles. The van der Waals surface area contributed by atoms with Gasteiger partial charge in [-0.15, -0.1) is 0 Å². The lowest BCUT2D eigenvalue weighted by atomic mass is 10.0. The standard InChI is InChI=1S/C15H23N3O2/c1-10(16)12-4-3-5-14(8-12)17-15(20)18-7-6-13(9-18)11(2)19/h3-5,8,10-11,13,19H,6-7,9,16H2,1-2H3,(H,17,20). The van der Waals surface area contributed by atoms with Crippen LogP contribution in [0.4, 0.5) is 10.5 Å². The molecule has 1 aliphatic rings. The predicted octanol–water partition coefficient (Wildman–Crippen LogP) is 1.94. The third-order valence-electron chi connectivity index (χ3n) is 3.86. The summed E-state index contributed by atoms with van der Waals surface area (Å²) in [5.41, 5.74) is 7.58. The van der Waals surface area contributed by atoms with Crippen molar-refractivity contribution in [2.45, 2.75) is 32.4 Å². The predicted molar refractivity (Wildman–Crippen MR) is 79.4 cm³/mol. The first kappa shape index (κ1) is 14.8. The maximum absolute atomic E-state index is 12.2. The second-order valence-electron chi connectivity index (χ2n) is 5.58. The van der Waals surface area contributed by atoms with Gasteiger partial charge < -0.3 is 21.1 Å². The molecule has 1 aromatic rings. The van der Waals surface area contributed by atoms with Crippen LogP contribution in [-0.2, 0) is 0 Å². The van der Waals surface area contributed by atoms with Crippen LogP contribution in [0.3, 0.4) is 0 Å². The van der Waals surface area contributed by atoms with E-state index in [1.54, 1.807) is 11.8 Å². The third-order valence-corrected chi connectivity index (χ3v) is 3.86. The van der Waals surface area contributed by atoms with Crippen molar-refractivity contribution in [1.29, 1.82) is 0 Å². The molecule has 2 amide bonds. The maximum Gasteiger partial charge on any atom is 0.321 e. The number of urea groups is 1. The van der Waals surface area contributed by atoms with E-state index in [1.807, 2.05) is 31.2 Å². The fraction of sp³-hybridized carbons (Fsp3) is 0.533. The van der Waals surface area contributed by atoms with Gasteiger partial charge in [-0.05, 0) is 38.0 Å². The monoisotopic (exact) mass is 277 g/mol. The molecule has 3 atom stereocenters. The highest BCUT2D eigenvalue weighted by atomic mass is 16.3. The smallest absolute Gasteiger partial charge is 0.321 e. The molecular weight excluding hydrogens is 254 g/mol. The van der Waals surface area contributed by atoms with Crippen LogP contribution >= 0.6 is 0 Å². The van der Waals surface area contributed by atoms with E-state index in [1.165, 1.54) is 0 Å². The molecule has 5 nitrogen and oxygen atoms in total. The van der Waals surface area contributed by atoms with Gasteiger partial charge >= 0.3 is 6.03 Å². The highest BCUT2D eigenvalue weighted by molar-refractivity contribution is 5.89. The molecule has 0 spiro atoms. The SMILES string of the molecule is CC(N)c1cccc(NC(=O)N2CCC(C(C)O)C2)c1. The minimum Gasteiger partial charge on any atom is -0.393 e. The first-order chi connectivity index (χ1) is 9.47. The number of aliphatic hydroxyl groups excluding tert-OH is 1. The summed E-state index contributed by atoms with van der Waals surface area (Å²) in [7, 11) is 0. The van der Waals surface area contributed by atoms with Crippen molar-refractivity contribution in [3.63, 3.8) is 0 Å². The summed E-state index contributed by atoms with van der Waals surface area (Å²) in [6.07, 6.45) is 0.486.